The van der Waals surface area contributed by atoms with Crippen molar-refractivity contribution in [1.29, 1.82) is 0 Å². The van der Waals surface area contributed by atoms with Crippen molar-refractivity contribution in [3.8, 4) is 5.75 Å². The smallest absolute Gasteiger partial charge is 0.408 e. The summed E-state index contributed by atoms with van der Waals surface area (Å²) in [5, 5.41) is 5.91. The molecular formula is C45H45N5O5. The second-order valence-electron chi connectivity index (χ2n) is 13.2. The van der Waals surface area contributed by atoms with Crippen LogP contribution in [0.3, 0.4) is 0 Å². The zero-order chi connectivity index (χ0) is 38.2. The summed E-state index contributed by atoms with van der Waals surface area (Å²) >= 11 is 0. The number of carbonyl (C=O) groups excluding carboxylic acids is 3. The van der Waals surface area contributed by atoms with Crippen LogP contribution in [0.4, 0.5) is 4.79 Å². The lowest BCUT2D eigenvalue weighted by Gasteiger charge is -2.31. The van der Waals surface area contributed by atoms with Crippen LogP contribution < -0.4 is 15.4 Å². The number of H-pyrrole nitrogens is 1. The SMILES string of the molecule is CN(C(=O)[C@H](Cc1cnc[nH]1)NC(=O)OCc1ccccc1)[C@H](Cc1ccc(OCc2ccccc2)cc1)C(=O)NCC(c1ccccc1)c1ccccc1. The van der Waals surface area contributed by atoms with Gasteiger partial charge in [0.25, 0.3) is 0 Å². The minimum atomic E-state index is -1.06. The summed E-state index contributed by atoms with van der Waals surface area (Å²) in [6, 6.07) is 44.7. The third-order valence-corrected chi connectivity index (χ3v) is 9.38. The molecule has 0 spiro atoms. The molecule has 1 aromatic heterocycles. The largest absolute Gasteiger partial charge is 0.489 e. The molecule has 0 unspecified atom stereocenters. The van der Waals surface area contributed by atoms with Crippen molar-refractivity contribution in [3.63, 3.8) is 0 Å². The maximum Gasteiger partial charge on any atom is 0.408 e. The van der Waals surface area contributed by atoms with E-state index in [9.17, 15) is 14.4 Å². The number of nitrogens with one attached hydrogen (secondary N) is 3. The molecule has 0 aliphatic carbocycles. The van der Waals surface area contributed by atoms with Crippen molar-refractivity contribution < 1.29 is 23.9 Å². The maximum absolute atomic E-state index is 14.4. The summed E-state index contributed by atoms with van der Waals surface area (Å²) in [5.41, 5.74) is 5.43. The maximum atomic E-state index is 14.4. The summed E-state index contributed by atoms with van der Waals surface area (Å²) in [6.45, 7) is 0.762. The predicted molar refractivity (Wildman–Crippen MR) is 211 cm³/mol. The number of amides is 3. The molecule has 6 aromatic rings. The lowest BCUT2D eigenvalue weighted by atomic mass is 9.91. The van der Waals surface area contributed by atoms with E-state index in [2.05, 4.69) is 20.6 Å². The lowest BCUT2D eigenvalue weighted by molar-refractivity contribution is -0.140. The van der Waals surface area contributed by atoms with Crippen molar-refractivity contribution in [2.45, 2.75) is 44.1 Å². The number of alkyl carbamates (subject to hydrolysis) is 1. The average molecular weight is 736 g/mol. The van der Waals surface area contributed by atoms with Gasteiger partial charge >= 0.3 is 6.09 Å². The third kappa shape index (κ3) is 11.2. The van der Waals surface area contributed by atoms with Crippen molar-refractivity contribution >= 4 is 17.9 Å². The van der Waals surface area contributed by atoms with Crippen LogP contribution in [0, 0.1) is 0 Å². The highest BCUT2D eigenvalue weighted by atomic mass is 16.5. The Labute approximate surface area is 321 Å². The van der Waals surface area contributed by atoms with Crippen LogP contribution in [0.5, 0.6) is 5.75 Å². The van der Waals surface area contributed by atoms with Crippen LogP contribution in [0.2, 0.25) is 0 Å². The fraction of sp³-hybridized carbons (Fsp3) is 0.200. The Balaban J connectivity index is 1.22. The van der Waals surface area contributed by atoms with E-state index in [1.165, 1.54) is 11.2 Å². The van der Waals surface area contributed by atoms with Crippen LogP contribution in [0.25, 0.3) is 0 Å². The highest BCUT2D eigenvalue weighted by molar-refractivity contribution is 5.91. The number of benzene rings is 5. The quantitative estimate of drug-likeness (QED) is 0.0942. The van der Waals surface area contributed by atoms with Gasteiger partial charge in [0.1, 0.15) is 31.0 Å². The number of imidazole rings is 1. The van der Waals surface area contributed by atoms with Gasteiger partial charge < -0.3 is 30.0 Å². The number of ether oxygens (including phenoxy) is 2. The van der Waals surface area contributed by atoms with E-state index in [-0.39, 0.29) is 31.3 Å². The van der Waals surface area contributed by atoms with Gasteiger partial charge in [0, 0.05) is 44.2 Å². The van der Waals surface area contributed by atoms with Crippen LogP contribution in [-0.2, 0) is 40.4 Å². The molecule has 0 bridgehead atoms. The predicted octanol–water partition coefficient (Wildman–Crippen LogP) is 6.84. The Morgan fingerprint density at radius 1 is 0.691 bits per heavy atom. The first-order valence-corrected chi connectivity index (χ1v) is 18.3. The molecule has 0 saturated carbocycles. The van der Waals surface area contributed by atoms with Crippen LogP contribution in [0.1, 0.15) is 39.4 Å². The number of rotatable bonds is 17. The zero-order valence-corrected chi connectivity index (χ0v) is 30.7. The number of aromatic nitrogens is 2. The second kappa shape index (κ2) is 19.4. The van der Waals surface area contributed by atoms with Gasteiger partial charge in [-0.2, -0.15) is 0 Å². The van der Waals surface area contributed by atoms with E-state index in [0.717, 1.165) is 27.8 Å². The molecule has 10 heteroatoms. The summed E-state index contributed by atoms with van der Waals surface area (Å²) in [7, 11) is 1.59. The second-order valence-corrected chi connectivity index (χ2v) is 13.2. The van der Waals surface area contributed by atoms with E-state index in [4.69, 9.17) is 9.47 Å². The molecule has 0 aliphatic rings. The van der Waals surface area contributed by atoms with E-state index >= 15 is 0 Å². The molecule has 3 amide bonds. The van der Waals surface area contributed by atoms with Crippen molar-refractivity contribution in [3.05, 3.63) is 192 Å². The minimum Gasteiger partial charge on any atom is -0.489 e. The number of likely N-dealkylation sites (N-methyl/N-ethyl adjacent to an activating group) is 1. The molecule has 0 aliphatic heterocycles. The molecule has 0 saturated heterocycles. The highest BCUT2D eigenvalue weighted by Gasteiger charge is 2.33. The van der Waals surface area contributed by atoms with Crippen LogP contribution in [-0.4, -0.2) is 58.5 Å². The number of aromatic amines is 1. The Bertz CT molecular complexity index is 2020. The Morgan fingerprint density at radius 2 is 1.25 bits per heavy atom. The first-order chi connectivity index (χ1) is 26.9. The van der Waals surface area contributed by atoms with E-state index in [0.29, 0.717) is 24.6 Å². The molecule has 0 radical (unpaired) electrons. The molecule has 2 atom stereocenters. The van der Waals surface area contributed by atoms with Crippen molar-refractivity contribution in [1.82, 2.24) is 25.5 Å². The summed E-state index contributed by atoms with van der Waals surface area (Å²) in [6.07, 6.45) is 2.67. The van der Waals surface area contributed by atoms with Crippen molar-refractivity contribution in [2.75, 3.05) is 13.6 Å². The zero-order valence-electron chi connectivity index (χ0n) is 30.7. The van der Waals surface area contributed by atoms with Gasteiger partial charge in [-0.05, 0) is 39.9 Å². The first-order valence-electron chi connectivity index (χ1n) is 18.3. The van der Waals surface area contributed by atoms with E-state index in [1.54, 1.807) is 13.2 Å². The van der Waals surface area contributed by atoms with Gasteiger partial charge in [0.2, 0.25) is 11.8 Å². The summed E-state index contributed by atoms with van der Waals surface area (Å²) in [5.74, 6) is -0.228. The molecular weight excluding hydrogens is 691 g/mol. The normalized spacial score (nSPS) is 12.0. The Morgan fingerprint density at radius 3 is 1.82 bits per heavy atom. The molecule has 3 N–H and O–H groups in total. The van der Waals surface area contributed by atoms with E-state index in [1.807, 2.05) is 146 Å². The molecule has 280 valence electrons. The number of hydrogen-bond donors (Lipinski definition) is 3. The fourth-order valence-corrected chi connectivity index (χ4v) is 6.33. The minimum absolute atomic E-state index is 0.0353. The Hall–Kier alpha value is -6.68. The van der Waals surface area contributed by atoms with Gasteiger partial charge in [0.05, 0.1) is 6.33 Å². The molecule has 55 heavy (non-hydrogen) atoms. The van der Waals surface area contributed by atoms with Crippen molar-refractivity contribution in [2.24, 2.45) is 0 Å². The lowest BCUT2D eigenvalue weighted by Crippen LogP contribution is -2.56. The molecule has 5 aromatic carbocycles. The van der Waals surface area contributed by atoms with Gasteiger partial charge in [0.15, 0.2) is 0 Å². The monoisotopic (exact) mass is 735 g/mol. The van der Waals surface area contributed by atoms with Gasteiger partial charge in [-0.3, -0.25) is 9.59 Å². The van der Waals surface area contributed by atoms with Crippen LogP contribution in [0.15, 0.2) is 158 Å². The number of carbonyl (C=O) groups is 3. The number of nitrogens with zero attached hydrogens (tertiary/aromatic N) is 2. The van der Waals surface area contributed by atoms with Crippen LogP contribution >= 0.6 is 0 Å². The highest BCUT2D eigenvalue weighted by Crippen LogP contribution is 2.24. The van der Waals surface area contributed by atoms with Gasteiger partial charge in [-0.1, -0.05) is 133 Å². The average Bonchev–Trinajstić information content (AvgIpc) is 3.76. The first kappa shape index (κ1) is 38.1. The molecule has 1 heterocycles. The van der Waals surface area contributed by atoms with E-state index < -0.39 is 24.1 Å². The Kier molecular flexibility index (Phi) is 13.4. The third-order valence-electron chi connectivity index (χ3n) is 9.38. The molecule has 0 fully saturated rings. The fourth-order valence-electron chi connectivity index (χ4n) is 6.33. The van der Waals surface area contributed by atoms with Gasteiger partial charge in [-0.25, -0.2) is 9.78 Å². The molecule has 6 rings (SSSR count). The summed E-state index contributed by atoms with van der Waals surface area (Å²) < 4.78 is 11.5. The summed E-state index contributed by atoms with van der Waals surface area (Å²) in [4.78, 5) is 50.3. The van der Waals surface area contributed by atoms with Gasteiger partial charge in [-0.15, -0.1) is 0 Å². The molecule has 10 nitrogen and oxygen atoms in total. The number of hydrogen-bond acceptors (Lipinski definition) is 6. The topological polar surface area (TPSA) is 126 Å². The standard InChI is InChI=1S/C45H45N5O5/c1-50(44(52)41(27-38-28-46-32-48-38)49-45(53)55-31-35-16-8-3-9-17-35)42(26-33-22-24-39(25-23-33)54-30-34-14-6-2-7-15-34)43(51)47-29-40(36-18-10-4-11-19-36)37-20-12-5-13-21-37/h2-25,28,32,40-42H,26-27,29-31H2,1H3,(H,46,48)(H,47,51)(H,49,53)/t41-,42+/m0/s1.